The van der Waals surface area contributed by atoms with Crippen LogP contribution in [0, 0.1) is 12.8 Å². The highest BCUT2D eigenvalue weighted by Crippen LogP contribution is 2.30. The normalized spacial score (nSPS) is 16.4. The zero-order valence-electron chi connectivity index (χ0n) is 27.4. The number of aromatic nitrogens is 6. The molecule has 13 nitrogen and oxygen atoms in total. The Kier molecular flexibility index (Phi) is 9.52. The quantitative estimate of drug-likeness (QED) is 0.288. The van der Waals surface area contributed by atoms with Gasteiger partial charge in [0.1, 0.15) is 18.1 Å². The molecule has 1 atom stereocenters. The second-order valence-electron chi connectivity index (χ2n) is 12.1. The van der Waals surface area contributed by atoms with Crippen LogP contribution in [0.15, 0.2) is 66.7 Å². The Morgan fingerprint density at radius 1 is 0.960 bits per heavy atom. The van der Waals surface area contributed by atoms with Gasteiger partial charge in [0.15, 0.2) is 23.0 Å². The van der Waals surface area contributed by atoms with Crippen LogP contribution in [0.4, 0.5) is 13.2 Å². The number of carbonyl (C=O) groups excluding carboxylic acids is 3. The number of fused-ring (bicyclic) bond motifs is 4. The van der Waals surface area contributed by atoms with E-state index in [1.807, 2.05) is 44.2 Å². The molecule has 0 saturated carbocycles. The minimum atomic E-state index is -4.77. The van der Waals surface area contributed by atoms with Gasteiger partial charge in [-0.25, -0.2) is 19.2 Å². The molecule has 260 valence electrons. The lowest BCUT2D eigenvalue weighted by atomic mass is 10.0. The van der Waals surface area contributed by atoms with Gasteiger partial charge < -0.3 is 20.3 Å². The zero-order chi connectivity index (χ0) is 35.6. The lowest BCUT2D eigenvalue weighted by Gasteiger charge is -2.25. The van der Waals surface area contributed by atoms with E-state index in [0.717, 1.165) is 22.6 Å². The molecule has 2 bridgehead atoms. The molecule has 3 amide bonds. The average molecular weight is 690 g/mol. The minimum absolute atomic E-state index is 0.0795. The van der Waals surface area contributed by atoms with Crippen molar-refractivity contribution >= 4 is 23.4 Å². The molecule has 2 N–H and O–H groups in total. The van der Waals surface area contributed by atoms with Gasteiger partial charge in [-0.05, 0) is 37.1 Å². The highest BCUT2D eigenvalue weighted by molar-refractivity contribution is 5.96. The Morgan fingerprint density at radius 3 is 2.46 bits per heavy atom. The molecule has 6 rings (SSSR count). The summed E-state index contributed by atoms with van der Waals surface area (Å²) < 4.78 is 49.7. The van der Waals surface area contributed by atoms with E-state index in [9.17, 15) is 27.6 Å². The fourth-order valence-corrected chi connectivity index (χ4v) is 5.58. The molecule has 5 aromatic rings. The van der Waals surface area contributed by atoms with Gasteiger partial charge in [0.25, 0.3) is 11.8 Å². The third-order valence-electron chi connectivity index (χ3n) is 8.02. The molecule has 1 aliphatic rings. The number of carbonyl (C=O) groups is 3. The molecule has 0 fully saturated rings. The van der Waals surface area contributed by atoms with E-state index in [1.165, 1.54) is 6.92 Å². The predicted molar refractivity (Wildman–Crippen MR) is 174 cm³/mol. The van der Waals surface area contributed by atoms with E-state index in [2.05, 4.69) is 20.7 Å². The summed E-state index contributed by atoms with van der Waals surface area (Å²) in [4.78, 5) is 50.6. The van der Waals surface area contributed by atoms with E-state index in [0.29, 0.717) is 27.5 Å². The van der Waals surface area contributed by atoms with Crippen LogP contribution < -0.4 is 15.4 Å². The van der Waals surface area contributed by atoms with E-state index in [-0.39, 0.29) is 49.2 Å². The van der Waals surface area contributed by atoms with Crippen molar-refractivity contribution in [2.24, 2.45) is 5.92 Å². The Hall–Kier alpha value is -5.80. The summed E-state index contributed by atoms with van der Waals surface area (Å²) in [5.74, 6) is -0.669. The largest absolute Gasteiger partial charge is 0.492 e. The van der Waals surface area contributed by atoms with Crippen molar-refractivity contribution in [1.82, 2.24) is 44.9 Å². The minimum Gasteiger partial charge on any atom is -0.492 e. The van der Waals surface area contributed by atoms with Crippen LogP contribution in [0.2, 0.25) is 0 Å². The average Bonchev–Trinajstić information content (AvgIpc) is 3.70. The van der Waals surface area contributed by atoms with Gasteiger partial charge in [-0.15, -0.1) is 0 Å². The van der Waals surface area contributed by atoms with Gasteiger partial charge in [-0.1, -0.05) is 50.2 Å². The van der Waals surface area contributed by atoms with E-state index < -0.39 is 42.2 Å². The summed E-state index contributed by atoms with van der Waals surface area (Å²) in [6, 6.07) is 17.2. The number of halogens is 3. The first-order valence-electron chi connectivity index (χ1n) is 15.9. The molecule has 4 heterocycles. The molecular weight excluding hydrogens is 655 g/mol. The smallest absolute Gasteiger partial charge is 0.433 e. The van der Waals surface area contributed by atoms with Crippen LogP contribution in [0.3, 0.4) is 0 Å². The highest BCUT2D eigenvalue weighted by atomic mass is 19.4. The Bertz CT molecular complexity index is 2040. The lowest BCUT2D eigenvalue weighted by molar-refractivity contribution is -0.142. The lowest BCUT2D eigenvalue weighted by Crippen LogP contribution is -2.46. The number of benzene rings is 2. The number of hydrogen-bond acceptors (Lipinski definition) is 8. The third-order valence-corrected chi connectivity index (χ3v) is 8.02. The highest BCUT2D eigenvalue weighted by Gasteiger charge is 2.36. The van der Waals surface area contributed by atoms with Gasteiger partial charge in [0.05, 0.1) is 19.1 Å². The van der Waals surface area contributed by atoms with Crippen LogP contribution in [0.25, 0.3) is 17.0 Å². The fraction of sp³-hybridized carbons (Fsp3) is 0.324. The molecule has 0 unspecified atom stereocenters. The number of amides is 3. The first-order chi connectivity index (χ1) is 23.9. The molecular formula is C34H34F3N9O4. The summed E-state index contributed by atoms with van der Waals surface area (Å²) in [5, 5.41) is 14.4. The molecule has 16 heteroatoms. The van der Waals surface area contributed by atoms with Gasteiger partial charge in [0, 0.05) is 36.0 Å². The van der Waals surface area contributed by atoms with Crippen molar-refractivity contribution in [3.05, 3.63) is 95.2 Å². The molecule has 0 spiro atoms. The summed E-state index contributed by atoms with van der Waals surface area (Å²) in [6.07, 6.45) is -4.77. The van der Waals surface area contributed by atoms with Crippen molar-refractivity contribution in [1.29, 1.82) is 0 Å². The van der Waals surface area contributed by atoms with E-state index >= 15 is 0 Å². The summed E-state index contributed by atoms with van der Waals surface area (Å²) in [7, 11) is 0. The third kappa shape index (κ3) is 7.43. The maximum atomic E-state index is 13.9. The molecule has 2 aromatic carbocycles. The SMILES string of the molecule is Cc1cc(C(F)(F)F)n2nc(C(=O)N3CCNC(=O)c4cccc(c4)OCCn4nc(-c5ccccc5)nc4[C@H](C(C)C)NC(=O)C3)cc2n1. The predicted octanol–water partition coefficient (Wildman–Crippen LogP) is 4.09. The van der Waals surface area contributed by atoms with Crippen LogP contribution in [0.5, 0.6) is 5.75 Å². The summed E-state index contributed by atoms with van der Waals surface area (Å²) in [6.45, 7) is 4.91. The monoisotopic (exact) mass is 689 g/mol. The van der Waals surface area contributed by atoms with Gasteiger partial charge in [0.2, 0.25) is 5.91 Å². The zero-order valence-corrected chi connectivity index (χ0v) is 27.4. The van der Waals surface area contributed by atoms with Crippen LogP contribution in [-0.2, 0) is 17.5 Å². The van der Waals surface area contributed by atoms with Crippen molar-refractivity contribution in [3.8, 4) is 17.1 Å². The topological polar surface area (TPSA) is 149 Å². The molecule has 1 aliphatic heterocycles. The maximum absolute atomic E-state index is 13.9. The summed E-state index contributed by atoms with van der Waals surface area (Å²) in [5.41, 5.74) is -0.472. The number of ether oxygens (including phenoxy) is 1. The second kappa shape index (κ2) is 14.0. The number of aryl methyl sites for hydroxylation is 1. The molecule has 0 aliphatic carbocycles. The number of alkyl halides is 3. The van der Waals surface area contributed by atoms with Gasteiger partial charge in [-0.2, -0.15) is 23.4 Å². The Morgan fingerprint density at radius 2 is 1.72 bits per heavy atom. The van der Waals surface area contributed by atoms with Crippen molar-refractivity contribution in [2.45, 2.75) is 39.5 Å². The first kappa shape index (κ1) is 34.1. The fourth-order valence-electron chi connectivity index (χ4n) is 5.58. The maximum Gasteiger partial charge on any atom is 0.433 e. The van der Waals surface area contributed by atoms with Crippen LogP contribution >= 0.6 is 0 Å². The molecule has 0 saturated heterocycles. The van der Waals surface area contributed by atoms with Crippen LogP contribution in [-0.4, -0.2) is 78.2 Å². The first-order valence-corrected chi connectivity index (χ1v) is 15.9. The molecule has 3 aromatic heterocycles. The number of rotatable bonds is 3. The van der Waals surface area contributed by atoms with Crippen molar-refractivity contribution in [3.63, 3.8) is 0 Å². The van der Waals surface area contributed by atoms with Crippen LogP contribution in [0.1, 0.15) is 57.9 Å². The Labute approximate surface area is 284 Å². The standard InChI is InChI=1S/C34H34F3N9O4/c1-20(2)29-31-41-30(22-8-5-4-6-9-22)43-45(31)14-15-50-24-11-7-10-23(17-24)32(48)38-12-13-44(19-28(47)40-29)33(49)25-18-27-39-21(3)16-26(34(35,36)37)46(27)42-25/h4-11,16-18,20,29H,12-15,19H2,1-3H3,(H,38,48)(H,40,47)/t29-/m0/s1. The second-order valence-corrected chi connectivity index (χ2v) is 12.1. The summed E-state index contributed by atoms with van der Waals surface area (Å²) >= 11 is 0. The van der Waals surface area contributed by atoms with Gasteiger partial charge >= 0.3 is 6.18 Å². The Balaban J connectivity index is 1.36. The van der Waals surface area contributed by atoms with Gasteiger partial charge in [-0.3, -0.25) is 14.4 Å². The number of hydrogen-bond donors (Lipinski definition) is 2. The molecule has 50 heavy (non-hydrogen) atoms. The number of nitrogens with zero attached hydrogens (tertiary/aromatic N) is 7. The number of nitrogens with one attached hydrogen (secondary N) is 2. The van der Waals surface area contributed by atoms with E-state index in [1.54, 1.807) is 28.9 Å². The van der Waals surface area contributed by atoms with Crippen molar-refractivity contribution < 1.29 is 32.3 Å². The van der Waals surface area contributed by atoms with Crippen molar-refractivity contribution in [2.75, 3.05) is 26.2 Å². The van der Waals surface area contributed by atoms with E-state index in [4.69, 9.17) is 14.8 Å². The molecule has 0 radical (unpaired) electrons.